The van der Waals surface area contributed by atoms with Crippen molar-refractivity contribution in [3.63, 3.8) is 0 Å². The molecule has 1 aliphatic heterocycles. The first kappa shape index (κ1) is 9.19. The van der Waals surface area contributed by atoms with Crippen LogP contribution in [-0.2, 0) is 9.47 Å². The van der Waals surface area contributed by atoms with Gasteiger partial charge in [0.05, 0.1) is 18.5 Å². The van der Waals surface area contributed by atoms with Crippen molar-refractivity contribution in [3.8, 4) is 0 Å². The number of hydrogen-bond donors (Lipinski definition) is 1. The predicted molar refractivity (Wildman–Crippen MR) is 46.6 cm³/mol. The van der Waals surface area contributed by atoms with E-state index in [1.807, 2.05) is 12.2 Å². The Bertz CT molecular complexity index is 143. The van der Waals surface area contributed by atoms with Crippen LogP contribution in [0.1, 0.15) is 0 Å². The van der Waals surface area contributed by atoms with Crippen molar-refractivity contribution in [3.05, 3.63) is 12.2 Å². The molecule has 4 heteroatoms. The minimum Gasteiger partial charge on any atom is -0.343 e. The highest BCUT2D eigenvalue weighted by Gasteiger charge is 2.32. The molecule has 0 saturated carbocycles. The van der Waals surface area contributed by atoms with E-state index < -0.39 is 5.79 Å². The molecule has 0 radical (unpaired) electrons. The second-order valence-electron chi connectivity index (χ2n) is 2.28. The Morgan fingerprint density at radius 1 is 1.45 bits per heavy atom. The standard InChI is InChI=1S/C7H12BrNO2/c8-6-7(2-1-3-9)10-4-5-11-7/h1-2H,3-6,9H2. The number of alkyl halides is 1. The number of nitrogens with two attached hydrogens (primary N) is 1. The molecule has 0 bridgehead atoms. The average Bonchev–Trinajstić information content (AvgIpc) is 2.50. The summed E-state index contributed by atoms with van der Waals surface area (Å²) in [5.41, 5.74) is 5.31. The minimum atomic E-state index is -0.556. The number of halogens is 1. The van der Waals surface area contributed by atoms with Crippen LogP contribution >= 0.6 is 15.9 Å². The lowest BCUT2D eigenvalue weighted by atomic mass is 10.3. The number of rotatable bonds is 3. The lowest BCUT2D eigenvalue weighted by Crippen LogP contribution is -2.29. The highest BCUT2D eigenvalue weighted by atomic mass is 79.9. The molecule has 0 spiro atoms. The van der Waals surface area contributed by atoms with Crippen LogP contribution in [0.3, 0.4) is 0 Å². The first-order chi connectivity index (χ1) is 5.33. The van der Waals surface area contributed by atoms with E-state index in [0.29, 0.717) is 25.1 Å². The summed E-state index contributed by atoms with van der Waals surface area (Å²) in [6.07, 6.45) is 3.70. The second-order valence-corrected chi connectivity index (χ2v) is 2.84. The fourth-order valence-corrected chi connectivity index (χ4v) is 1.45. The molecule has 1 fully saturated rings. The monoisotopic (exact) mass is 221 g/mol. The van der Waals surface area contributed by atoms with Gasteiger partial charge in [-0.05, 0) is 6.08 Å². The Morgan fingerprint density at radius 2 is 2.09 bits per heavy atom. The SMILES string of the molecule is NCC=CC1(CBr)OCCO1. The van der Waals surface area contributed by atoms with Gasteiger partial charge in [-0.2, -0.15) is 0 Å². The summed E-state index contributed by atoms with van der Waals surface area (Å²) in [4.78, 5) is 0. The Balaban J connectivity index is 2.52. The van der Waals surface area contributed by atoms with E-state index in [1.54, 1.807) is 0 Å². The third kappa shape index (κ3) is 2.27. The van der Waals surface area contributed by atoms with E-state index in [4.69, 9.17) is 15.2 Å². The Labute approximate surface area is 74.7 Å². The molecule has 3 nitrogen and oxygen atoms in total. The van der Waals surface area contributed by atoms with Gasteiger partial charge in [-0.25, -0.2) is 0 Å². The molecule has 11 heavy (non-hydrogen) atoms. The zero-order valence-corrected chi connectivity index (χ0v) is 7.84. The zero-order chi connectivity index (χ0) is 8.16. The van der Waals surface area contributed by atoms with Crippen molar-refractivity contribution < 1.29 is 9.47 Å². The van der Waals surface area contributed by atoms with Crippen molar-refractivity contribution in [1.82, 2.24) is 0 Å². The Morgan fingerprint density at radius 3 is 2.55 bits per heavy atom. The molecule has 64 valence electrons. The molecule has 0 aliphatic carbocycles. The van der Waals surface area contributed by atoms with Gasteiger partial charge in [-0.1, -0.05) is 22.0 Å². The van der Waals surface area contributed by atoms with E-state index in [2.05, 4.69) is 15.9 Å². The first-order valence-electron chi connectivity index (χ1n) is 3.54. The van der Waals surface area contributed by atoms with Crippen LogP contribution < -0.4 is 5.73 Å². The molecule has 1 aliphatic rings. The summed E-state index contributed by atoms with van der Waals surface area (Å²) in [5, 5.41) is 0.649. The topological polar surface area (TPSA) is 44.5 Å². The summed E-state index contributed by atoms with van der Waals surface area (Å²) in [5.74, 6) is -0.556. The van der Waals surface area contributed by atoms with E-state index in [0.717, 1.165) is 0 Å². The van der Waals surface area contributed by atoms with Gasteiger partial charge in [0.15, 0.2) is 5.79 Å². The molecule has 0 atom stereocenters. The fourth-order valence-electron chi connectivity index (χ4n) is 0.936. The lowest BCUT2D eigenvalue weighted by Gasteiger charge is -2.20. The normalized spacial score (nSPS) is 23.1. The van der Waals surface area contributed by atoms with Crippen molar-refractivity contribution in [2.45, 2.75) is 5.79 Å². The minimum absolute atomic E-state index is 0.515. The molecule has 0 unspecified atom stereocenters. The molecule has 1 saturated heterocycles. The molecule has 0 aromatic carbocycles. The van der Waals surface area contributed by atoms with Crippen LogP contribution in [0, 0.1) is 0 Å². The van der Waals surface area contributed by atoms with E-state index in [1.165, 1.54) is 0 Å². The highest BCUT2D eigenvalue weighted by Crippen LogP contribution is 2.22. The average molecular weight is 222 g/mol. The van der Waals surface area contributed by atoms with Gasteiger partial charge in [-0.15, -0.1) is 0 Å². The van der Waals surface area contributed by atoms with Crippen molar-refractivity contribution in [1.29, 1.82) is 0 Å². The lowest BCUT2D eigenvalue weighted by molar-refractivity contribution is -0.0945. The third-order valence-corrected chi connectivity index (χ3v) is 2.25. The highest BCUT2D eigenvalue weighted by molar-refractivity contribution is 9.09. The van der Waals surface area contributed by atoms with E-state index in [9.17, 15) is 0 Å². The quantitative estimate of drug-likeness (QED) is 0.563. The van der Waals surface area contributed by atoms with Crippen LogP contribution in [0.25, 0.3) is 0 Å². The smallest absolute Gasteiger partial charge is 0.197 e. The summed E-state index contributed by atoms with van der Waals surface area (Å²) < 4.78 is 10.8. The maximum absolute atomic E-state index is 5.38. The molecule has 0 aromatic rings. The maximum atomic E-state index is 5.38. The Kier molecular flexibility index (Phi) is 3.51. The molecular weight excluding hydrogens is 210 g/mol. The summed E-state index contributed by atoms with van der Waals surface area (Å²) in [7, 11) is 0. The molecular formula is C7H12BrNO2. The second kappa shape index (κ2) is 4.21. The Hall–Kier alpha value is 0.1000. The predicted octanol–water partition coefficient (Wildman–Crippen LogP) is 0.639. The zero-order valence-electron chi connectivity index (χ0n) is 6.25. The van der Waals surface area contributed by atoms with Gasteiger partial charge in [0, 0.05) is 6.54 Å². The van der Waals surface area contributed by atoms with Crippen LogP contribution in [0.4, 0.5) is 0 Å². The number of hydrogen-bond acceptors (Lipinski definition) is 3. The van der Waals surface area contributed by atoms with Gasteiger partial charge < -0.3 is 15.2 Å². The van der Waals surface area contributed by atoms with Crippen LogP contribution in [-0.4, -0.2) is 30.9 Å². The van der Waals surface area contributed by atoms with E-state index >= 15 is 0 Å². The van der Waals surface area contributed by atoms with Gasteiger partial charge in [0.1, 0.15) is 0 Å². The van der Waals surface area contributed by atoms with Crippen molar-refractivity contribution >= 4 is 15.9 Å². The largest absolute Gasteiger partial charge is 0.343 e. The molecule has 2 N–H and O–H groups in total. The summed E-state index contributed by atoms with van der Waals surface area (Å²) >= 11 is 3.32. The van der Waals surface area contributed by atoms with Crippen molar-refractivity contribution in [2.24, 2.45) is 5.73 Å². The van der Waals surface area contributed by atoms with Gasteiger partial charge in [0.2, 0.25) is 0 Å². The van der Waals surface area contributed by atoms with Gasteiger partial charge in [-0.3, -0.25) is 0 Å². The summed E-state index contributed by atoms with van der Waals surface area (Å²) in [6, 6.07) is 0. The van der Waals surface area contributed by atoms with Crippen LogP contribution in [0.2, 0.25) is 0 Å². The van der Waals surface area contributed by atoms with E-state index in [-0.39, 0.29) is 0 Å². The molecule has 0 amide bonds. The van der Waals surface area contributed by atoms with Crippen molar-refractivity contribution in [2.75, 3.05) is 25.1 Å². The first-order valence-corrected chi connectivity index (χ1v) is 4.67. The van der Waals surface area contributed by atoms with Gasteiger partial charge in [0.25, 0.3) is 0 Å². The van der Waals surface area contributed by atoms with Crippen LogP contribution in [0.5, 0.6) is 0 Å². The molecule has 1 rings (SSSR count). The van der Waals surface area contributed by atoms with Crippen LogP contribution in [0.15, 0.2) is 12.2 Å². The van der Waals surface area contributed by atoms with Gasteiger partial charge >= 0.3 is 0 Å². The number of ether oxygens (including phenoxy) is 2. The summed E-state index contributed by atoms with van der Waals surface area (Å²) in [6.45, 7) is 1.82. The maximum Gasteiger partial charge on any atom is 0.197 e. The third-order valence-electron chi connectivity index (χ3n) is 1.47. The molecule has 1 heterocycles. The molecule has 0 aromatic heterocycles. The fraction of sp³-hybridized carbons (Fsp3) is 0.714.